The van der Waals surface area contributed by atoms with Crippen molar-refractivity contribution in [2.75, 3.05) is 0 Å². The lowest BCUT2D eigenvalue weighted by atomic mass is 10.1. The van der Waals surface area contributed by atoms with Gasteiger partial charge >= 0.3 is 0 Å². The molecule has 0 aliphatic heterocycles. The van der Waals surface area contributed by atoms with Crippen molar-refractivity contribution in [3.8, 4) is 0 Å². The molecule has 0 fully saturated rings. The standard InChI is InChI=1S/C9H14N2/c1-6-4-5-11-9(7(6)2)8(3)10/h4-5,8H,10H2,1-3H3. The Morgan fingerprint density at radius 1 is 1.45 bits per heavy atom. The molecule has 1 heterocycles. The molecule has 1 unspecified atom stereocenters. The zero-order valence-electron chi connectivity index (χ0n) is 7.26. The van der Waals surface area contributed by atoms with Crippen LogP contribution < -0.4 is 5.73 Å². The van der Waals surface area contributed by atoms with Crippen LogP contribution in [-0.2, 0) is 0 Å². The fraction of sp³-hybridized carbons (Fsp3) is 0.444. The number of hydrogen-bond acceptors (Lipinski definition) is 2. The summed E-state index contributed by atoms with van der Waals surface area (Å²) < 4.78 is 0. The average Bonchev–Trinajstić information content (AvgIpc) is 1.94. The van der Waals surface area contributed by atoms with E-state index in [-0.39, 0.29) is 6.04 Å². The minimum Gasteiger partial charge on any atom is -0.323 e. The third kappa shape index (κ3) is 1.57. The highest BCUT2D eigenvalue weighted by Gasteiger charge is 2.05. The Morgan fingerprint density at radius 3 is 2.55 bits per heavy atom. The molecule has 2 heteroatoms. The lowest BCUT2D eigenvalue weighted by Gasteiger charge is -2.09. The van der Waals surface area contributed by atoms with Crippen LogP contribution in [0.15, 0.2) is 12.3 Å². The molecule has 0 radical (unpaired) electrons. The van der Waals surface area contributed by atoms with Gasteiger partial charge in [-0.3, -0.25) is 4.98 Å². The van der Waals surface area contributed by atoms with Crippen molar-refractivity contribution < 1.29 is 0 Å². The predicted molar refractivity (Wildman–Crippen MR) is 46.3 cm³/mol. The maximum atomic E-state index is 5.72. The van der Waals surface area contributed by atoms with E-state index in [0.717, 1.165) is 5.69 Å². The predicted octanol–water partition coefficient (Wildman–Crippen LogP) is 1.72. The molecule has 0 saturated heterocycles. The topological polar surface area (TPSA) is 38.9 Å². The van der Waals surface area contributed by atoms with Crippen LogP contribution >= 0.6 is 0 Å². The number of hydrogen-bond donors (Lipinski definition) is 1. The Kier molecular flexibility index (Phi) is 2.25. The molecule has 1 rings (SSSR count). The second-order valence-electron chi connectivity index (χ2n) is 2.93. The van der Waals surface area contributed by atoms with Gasteiger partial charge < -0.3 is 5.73 Å². The molecule has 0 bridgehead atoms. The van der Waals surface area contributed by atoms with Gasteiger partial charge in [0, 0.05) is 12.2 Å². The first-order chi connectivity index (χ1) is 5.13. The van der Waals surface area contributed by atoms with E-state index in [1.165, 1.54) is 11.1 Å². The summed E-state index contributed by atoms with van der Waals surface area (Å²) in [6.45, 7) is 6.08. The van der Waals surface area contributed by atoms with Gasteiger partial charge in [-0.1, -0.05) is 0 Å². The fourth-order valence-corrected chi connectivity index (χ4v) is 1.11. The van der Waals surface area contributed by atoms with Crippen LogP contribution in [-0.4, -0.2) is 4.98 Å². The molecule has 1 aromatic rings. The molecule has 0 aromatic carbocycles. The highest BCUT2D eigenvalue weighted by Crippen LogP contribution is 2.14. The monoisotopic (exact) mass is 150 g/mol. The van der Waals surface area contributed by atoms with E-state index in [0.29, 0.717) is 0 Å². The first kappa shape index (κ1) is 8.21. The normalized spacial score (nSPS) is 13.1. The van der Waals surface area contributed by atoms with Crippen molar-refractivity contribution in [2.45, 2.75) is 26.8 Å². The van der Waals surface area contributed by atoms with E-state index >= 15 is 0 Å². The van der Waals surface area contributed by atoms with E-state index in [1.54, 1.807) is 6.20 Å². The summed E-state index contributed by atoms with van der Waals surface area (Å²) >= 11 is 0. The first-order valence-corrected chi connectivity index (χ1v) is 3.80. The smallest absolute Gasteiger partial charge is 0.0599 e. The molecule has 0 aliphatic carbocycles. The summed E-state index contributed by atoms with van der Waals surface area (Å²) in [5.41, 5.74) is 9.19. The number of aromatic nitrogens is 1. The van der Waals surface area contributed by atoms with Crippen molar-refractivity contribution in [1.29, 1.82) is 0 Å². The summed E-state index contributed by atoms with van der Waals surface area (Å²) in [6.07, 6.45) is 1.81. The van der Waals surface area contributed by atoms with Gasteiger partial charge in [0.05, 0.1) is 5.69 Å². The quantitative estimate of drug-likeness (QED) is 0.662. The Bertz CT molecular complexity index is 254. The van der Waals surface area contributed by atoms with Crippen LogP contribution in [0, 0.1) is 13.8 Å². The van der Waals surface area contributed by atoms with Crippen molar-refractivity contribution in [2.24, 2.45) is 5.73 Å². The summed E-state index contributed by atoms with van der Waals surface area (Å²) in [6, 6.07) is 2.04. The summed E-state index contributed by atoms with van der Waals surface area (Å²) in [5.74, 6) is 0. The third-order valence-corrected chi connectivity index (χ3v) is 1.95. The van der Waals surface area contributed by atoms with Crippen molar-refractivity contribution in [1.82, 2.24) is 4.98 Å². The minimum absolute atomic E-state index is 0.0369. The number of pyridine rings is 1. The Labute approximate surface area is 67.5 Å². The van der Waals surface area contributed by atoms with Gasteiger partial charge in [0.2, 0.25) is 0 Å². The average molecular weight is 150 g/mol. The summed E-state index contributed by atoms with van der Waals surface area (Å²) in [7, 11) is 0. The van der Waals surface area contributed by atoms with Crippen LogP contribution in [0.1, 0.15) is 29.8 Å². The van der Waals surface area contributed by atoms with Crippen molar-refractivity contribution in [3.05, 3.63) is 29.1 Å². The summed E-state index contributed by atoms with van der Waals surface area (Å²) in [4.78, 5) is 4.21. The van der Waals surface area contributed by atoms with Crippen LogP contribution in [0.5, 0.6) is 0 Å². The van der Waals surface area contributed by atoms with Gasteiger partial charge in [-0.05, 0) is 38.0 Å². The molecular weight excluding hydrogens is 136 g/mol. The van der Waals surface area contributed by atoms with Gasteiger partial charge in [0.1, 0.15) is 0 Å². The SMILES string of the molecule is Cc1ccnc(C(C)N)c1C. The van der Waals surface area contributed by atoms with Crippen LogP contribution in [0.3, 0.4) is 0 Å². The number of rotatable bonds is 1. The molecule has 0 spiro atoms. The Balaban J connectivity index is 3.17. The Hall–Kier alpha value is -0.890. The van der Waals surface area contributed by atoms with Crippen molar-refractivity contribution in [3.63, 3.8) is 0 Å². The molecule has 60 valence electrons. The van der Waals surface area contributed by atoms with Gasteiger partial charge in [0.25, 0.3) is 0 Å². The Morgan fingerprint density at radius 2 is 2.09 bits per heavy atom. The van der Waals surface area contributed by atoms with Crippen LogP contribution in [0.25, 0.3) is 0 Å². The summed E-state index contributed by atoms with van der Waals surface area (Å²) in [5, 5.41) is 0. The highest BCUT2D eigenvalue weighted by molar-refractivity contribution is 5.28. The van der Waals surface area contributed by atoms with Crippen LogP contribution in [0.4, 0.5) is 0 Å². The van der Waals surface area contributed by atoms with E-state index in [9.17, 15) is 0 Å². The molecule has 1 atom stereocenters. The minimum atomic E-state index is 0.0369. The third-order valence-electron chi connectivity index (χ3n) is 1.95. The largest absolute Gasteiger partial charge is 0.323 e. The molecule has 2 N–H and O–H groups in total. The lowest BCUT2D eigenvalue weighted by molar-refractivity contribution is 0.769. The molecule has 11 heavy (non-hydrogen) atoms. The van der Waals surface area contributed by atoms with Gasteiger partial charge in [0.15, 0.2) is 0 Å². The van der Waals surface area contributed by atoms with E-state index < -0.39 is 0 Å². The maximum absolute atomic E-state index is 5.72. The zero-order valence-corrected chi connectivity index (χ0v) is 7.26. The number of nitrogens with zero attached hydrogens (tertiary/aromatic N) is 1. The lowest BCUT2D eigenvalue weighted by Crippen LogP contribution is -2.09. The maximum Gasteiger partial charge on any atom is 0.0599 e. The van der Waals surface area contributed by atoms with Gasteiger partial charge in [-0.2, -0.15) is 0 Å². The van der Waals surface area contributed by atoms with Crippen LogP contribution in [0.2, 0.25) is 0 Å². The number of aryl methyl sites for hydroxylation is 1. The zero-order chi connectivity index (χ0) is 8.43. The molecule has 0 aliphatic rings. The second-order valence-corrected chi connectivity index (χ2v) is 2.93. The van der Waals surface area contributed by atoms with E-state index in [2.05, 4.69) is 18.8 Å². The van der Waals surface area contributed by atoms with Gasteiger partial charge in [-0.25, -0.2) is 0 Å². The molecular formula is C9H14N2. The highest BCUT2D eigenvalue weighted by atomic mass is 14.8. The van der Waals surface area contributed by atoms with Gasteiger partial charge in [-0.15, -0.1) is 0 Å². The van der Waals surface area contributed by atoms with E-state index in [1.807, 2.05) is 13.0 Å². The molecule has 0 amide bonds. The fourth-order valence-electron chi connectivity index (χ4n) is 1.11. The molecule has 0 saturated carbocycles. The van der Waals surface area contributed by atoms with E-state index in [4.69, 9.17) is 5.73 Å². The molecule has 1 aromatic heterocycles. The van der Waals surface area contributed by atoms with Crippen molar-refractivity contribution >= 4 is 0 Å². The molecule has 2 nitrogen and oxygen atoms in total. The number of nitrogens with two attached hydrogens (primary N) is 1. The second kappa shape index (κ2) is 3.01. The first-order valence-electron chi connectivity index (χ1n) is 3.80.